The molecule has 0 radical (unpaired) electrons. The fourth-order valence-electron chi connectivity index (χ4n) is 4.11. The molecule has 0 saturated heterocycles. The number of rotatable bonds is 3. The Morgan fingerprint density at radius 3 is 2.76 bits per heavy atom. The second-order valence-electron chi connectivity index (χ2n) is 7.75. The van der Waals surface area contributed by atoms with Crippen LogP contribution >= 0.6 is 0 Å². The van der Waals surface area contributed by atoms with E-state index in [0.29, 0.717) is 11.7 Å². The lowest BCUT2D eigenvalue weighted by molar-refractivity contribution is 0.262. The van der Waals surface area contributed by atoms with Gasteiger partial charge in [0, 0.05) is 17.8 Å². The summed E-state index contributed by atoms with van der Waals surface area (Å²) in [5, 5.41) is 5.59. The van der Waals surface area contributed by atoms with Gasteiger partial charge in [-0.1, -0.05) is 6.07 Å². The maximum absolute atomic E-state index is 6.62. The van der Waals surface area contributed by atoms with Crippen LogP contribution in [0.15, 0.2) is 43.0 Å². The highest BCUT2D eigenvalue weighted by Crippen LogP contribution is 2.34. The van der Waals surface area contributed by atoms with Gasteiger partial charge in [0.2, 0.25) is 5.88 Å². The summed E-state index contributed by atoms with van der Waals surface area (Å²) in [4.78, 5) is 13.1. The van der Waals surface area contributed by atoms with Crippen LogP contribution in [0.1, 0.15) is 31.5 Å². The Kier molecular flexibility index (Phi) is 4.18. The zero-order chi connectivity index (χ0) is 20.0. The maximum Gasteiger partial charge on any atom is 0.224 e. The van der Waals surface area contributed by atoms with Gasteiger partial charge in [0.05, 0.1) is 35.3 Å². The molecule has 0 spiro atoms. The minimum atomic E-state index is -0.512. The molecule has 0 amide bonds. The molecule has 8 nitrogen and oxygen atoms in total. The number of methoxy groups -OCH3 is 1. The van der Waals surface area contributed by atoms with Crippen LogP contribution in [0.25, 0.3) is 27.5 Å². The number of benzene rings is 1. The first-order chi connectivity index (χ1) is 14.1. The van der Waals surface area contributed by atoms with E-state index in [1.165, 1.54) is 6.33 Å². The van der Waals surface area contributed by atoms with Gasteiger partial charge in [0.15, 0.2) is 5.82 Å². The number of fused-ring (bicyclic) bond motifs is 2. The first-order valence-corrected chi connectivity index (χ1v) is 9.76. The third-order valence-corrected chi connectivity index (χ3v) is 5.89. The Hall–Kier alpha value is -3.10. The van der Waals surface area contributed by atoms with E-state index in [2.05, 4.69) is 15.0 Å². The molecule has 0 bridgehead atoms. The predicted octanol–water partition coefficient (Wildman–Crippen LogP) is 2.40. The molecule has 148 valence electrons. The largest absolute Gasteiger partial charge is 0.480 e. The van der Waals surface area contributed by atoms with Crippen LogP contribution in [0.5, 0.6) is 5.88 Å². The molecule has 0 unspecified atom stereocenters. The summed E-state index contributed by atoms with van der Waals surface area (Å²) in [5.41, 5.74) is 16.0. The topological polar surface area (TPSA) is 117 Å². The highest BCUT2D eigenvalue weighted by atomic mass is 16.5. The number of ether oxygens (including phenoxy) is 1. The van der Waals surface area contributed by atoms with Gasteiger partial charge in [-0.2, -0.15) is 5.10 Å². The van der Waals surface area contributed by atoms with E-state index in [4.69, 9.17) is 21.3 Å². The van der Waals surface area contributed by atoms with Gasteiger partial charge in [-0.15, -0.1) is 0 Å². The van der Waals surface area contributed by atoms with Crippen molar-refractivity contribution in [2.24, 2.45) is 11.5 Å². The molecule has 0 aliphatic heterocycles. The SMILES string of the molecule is COc1ncnc2ccc(-c3ccn4nc(C5(N)CCC(N)CC5)ncc34)cc12. The van der Waals surface area contributed by atoms with Gasteiger partial charge in [-0.05, 0) is 49.4 Å². The quantitative estimate of drug-likeness (QED) is 0.552. The second kappa shape index (κ2) is 6.75. The summed E-state index contributed by atoms with van der Waals surface area (Å²) in [7, 11) is 1.61. The zero-order valence-electron chi connectivity index (χ0n) is 16.2. The average molecular weight is 389 g/mol. The summed E-state index contributed by atoms with van der Waals surface area (Å²) < 4.78 is 7.24. The van der Waals surface area contributed by atoms with Crippen LogP contribution in [0.4, 0.5) is 0 Å². The standard InChI is InChI=1S/C21H23N7O/c1-29-19-16-10-13(2-3-17(16)25-12-26-19)15-6-9-28-18(15)11-24-20(27-28)21(23)7-4-14(22)5-8-21/h2-3,6,9-12,14H,4-5,7-8,22-23H2,1H3. The summed E-state index contributed by atoms with van der Waals surface area (Å²) in [6.45, 7) is 0. The Labute approximate surface area is 167 Å². The molecule has 0 atom stereocenters. The number of hydrogen-bond donors (Lipinski definition) is 2. The van der Waals surface area contributed by atoms with Crippen LogP contribution in [0.3, 0.4) is 0 Å². The zero-order valence-corrected chi connectivity index (χ0v) is 16.2. The van der Waals surface area contributed by atoms with Crippen molar-refractivity contribution >= 4 is 16.4 Å². The van der Waals surface area contributed by atoms with Crippen molar-refractivity contribution in [1.82, 2.24) is 24.6 Å². The van der Waals surface area contributed by atoms with E-state index in [9.17, 15) is 0 Å². The van der Waals surface area contributed by atoms with Crippen LogP contribution < -0.4 is 16.2 Å². The van der Waals surface area contributed by atoms with E-state index in [0.717, 1.165) is 53.2 Å². The molecule has 29 heavy (non-hydrogen) atoms. The Bertz CT molecular complexity index is 1190. The van der Waals surface area contributed by atoms with Gasteiger partial charge >= 0.3 is 0 Å². The molecular formula is C21H23N7O. The van der Waals surface area contributed by atoms with Gasteiger partial charge < -0.3 is 16.2 Å². The third-order valence-electron chi connectivity index (χ3n) is 5.89. The van der Waals surface area contributed by atoms with Crippen LogP contribution in [0.2, 0.25) is 0 Å². The third kappa shape index (κ3) is 3.01. The first kappa shape index (κ1) is 18.0. The van der Waals surface area contributed by atoms with Gasteiger partial charge in [0.25, 0.3) is 0 Å². The fraction of sp³-hybridized carbons (Fsp3) is 0.333. The molecule has 3 heterocycles. The molecule has 4 aromatic rings. The molecular weight excluding hydrogens is 366 g/mol. The van der Waals surface area contributed by atoms with Crippen molar-refractivity contribution in [2.45, 2.75) is 37.3 Å². The lowest BCUT2D eigenvalue weighted by Gasteiger charge is -2.34. The monoisotopic (exact) mass is 389 g/mol. The minimum absolute atomic E-state index is 0.225. The van der Waals surface area contributed by atoms with E-state index in [-0.39, 0.29) is 6.04 Å². The smallest absolute Gasteiger partial charge is 0.224 e. The second-order valence-corrected chi connectivity index (χ2v) is 7.75. The lowest BCUT2D eigenvalue weighted by atomic mass is 9.80. The number of nitrogens with two attached hydrogens (primary N) is 2. The Balaban J connectivity index is 1.56. The first-order valence-electron chi connectivity index (χ1n) is 9.76. The molecule has 5 rings (SSSR count). The maximum atomic E-state index is 6.62. The molecule has 1 saturated carbocycles. The van der Waals surface area contributed by atoms with Crippen LogP contribution in [-0.4, -0.2) is 37.7 Å². The van der Waals surface area contributed by atoms with Crippen molar-refractivity contribution in [3.63, 3.8) is 0 Å². The van der Waals surface area contributed by atoms with Crippen LogP contribution in [-0.2, 0) is 5.54 Å². The number of hydrogen-bond acceptors (Lipinski definition) is 7. The Morgan fingerprint density at radius 1 is 1.14 bits per heavy atom. The van der Waals surface area contributed by atoms with E-state index in [1.54, 1.807) is 7.11 Å². The van der Waals surface area contributed by atoms with Gasteiger partial charge in [-0.25, -0.2) is 19.5 Å². The highest BCUT2D eigenvalue weighted by Gasteiger charge is 2.35. The highest BCUT2D eigenvalue weighted by molar-refractivity contribution is 5.91. The molecule has 8 heteroatoms. The molecule has 1 aromatic carbocycles. The van der Waals surface area contributed by atoms with E-state index in [1.807, 2.05) is 41.2 Å². The van der Waals surface area contributed by atoms with Gasteiger partial charge in [-0.3, -0.25) is 0 Å². The van der Waals surface area contributed by atoms with Crippen molar-refractivity contribution in [3.05, 3.63) is 48.8 Å². The van der Waals surface area contributed by atoms with E-state index < -0.39 is 5.54 Å². The average Bonchev–Trinajstić information content (AvgIpc) is 3.18. The molecule has 1 aliphatic rings. The van der Waals surface area contributed by atoms with Crippen molar-refractivity contribution in [2.75, 3.05) is 7.11 Å². The predicted molar refractivity (Wildman–Crippen MR) is 110 cm³/mol. The summed E-state index contributed by atoms with van der Waals surface area (Å²) in [6, 6.07) is 8.29. The summed E-state index contributed by atoms with van der Waals surface area (Å²) >= 11 is 0. The molecule has 3 aromatic heterocycles. The molecule has 1 aliphatic carbocycles. The number of aromatic nitrogens is 5. The summed E-state index contributed by atoms with van der Waals surface area (Å²) in [6.07, 6.45) is 8.70. The van der Waals surface area contributed by atoms with Crippen LogP contribution in [0, 0.1) is 0 Å². The molecule has 1 fully saturated rings. The van der Waals surface area contributed by atoms with Crippen molar-refractivity contribution in [3.8, 4) is 17.0 Å². The van der Waals surface area contributed by atoms with Gasteiger partial charge in [0.1, 0.15) is 6.33 Å². The Morgan fingerprint density at radius 2 is 1.97 bits per heavy atom. The normalized spacial score (nSPS) is 22.2. The fourth-order valence-corrected chi connectivity index (χ4v) is 4.11. The number of nitrogens with zero attached hydrogens (tertiary/aromatic N) is 5. The summed E-state index contributed by atoms with van der Waals surface area (Å²) in [5.74, 6) is 1.23. The molecule has 4 N–H and O–H groups in total. The van der Waals surface area contributed by atoms with Crippen molar-refractivity contribution < 1.29 is 4.74 Å². The van der Waals surface area contributed by atoms with Crippen molar-refractivity contribution in [1.29, 1.82) is 0 Å². The lowest BCUT2D eigenvalue weighted by Crippen LogP contribution is -2.45. The minimum Gasteiger partial charge on any atom is -0.480 e. The van der Waals surface area contributed by atoms with E-state index >= 15 is 0 Å².